The fourth-order valence-corrected chi connectivity index (χ4v) is 3.11. The van der Waals surface area contributed by atoms with Gasteiger partial charge in [0.15, 0.2) is 0 Å². The van der Waals surface area contributed by atoms with Crippen LogP contribution in [0.25, 0.3) is 0 Å². The van der Waals surface area contributed by atoms with Crippen LogP contribution in [0.5, 0.6) is 0 Å². The summed E-state index contributed by atoms with van der Waals surface area (Å²) in [5.41, 5.74) is 1.25. The first-order valence-electron chi connectivity index (χ1n) is 8.48. The summed E-state index contributed by atoms with van der Waals surface area (Å²) in [5, 5.41) is 14.1. The number of nitrogens with one attached hydrogen (secondary N) is 2. The number of carbonyl (C=O) groups is 2. The Morgan fingerprint density at radius 2 is 1.86 bits per heavy atom. The minimum absolute atomic E-state index is 0.0427. The Kier molecular flexibility index (Phi) is 7.23. The molecule has 10 heteroatoms. The lowest BCUT2D eigenvalue weighted by Crippen LogP contribution is -2.27. The monoisotopic (exact) mass is 434 g/mol. The van der Waals surface area contributed by atoms with Gasteiger partial charge in [-0.3, -0.25) is 9.59 Å². The van der Waals surface area contributed by atoms with Gasteiger partial charge in [-0.1, -0.05) is 41.1 Å². The van der Waals surface area contributed by atoms with Crippen LogP contribution >= 0.6 is 22.9 Å². The fourth-order valence-electron chi connectivity index (χ4n) is 2.24. The number of anilines is 1. The second kappa shape index (κ2) is 10.1. The van der Waals surface area contributed by atoms with Crippen molar-refractivity contribution in [2.45, 2.75) is 13.2 Å². The molecule has 0 bridgehead atoms. The molecule has 0 aliphatic carbocycles. The Hall–Kier alpha value is -2.88. The maximum Gasteiger partial charge on any atom is 0.286 e. The van der Waals surface area contributed by atoms with E-state index in [1.165, 1.54) is 24.3 Å². The lowest BCUT2D eigenvalue weighted by Gasteiger charge is -2.06. The molecule has 0 aliphatic heterocycles. The molecular formula is C19H16ClFN4O3S. The van der Waals surface area contributed by atoms with E-state index in [4.69, 9.17) is 16.3 Å². The largest absolute Gasteiger partial charge is 0.364 e. The van der Waals surface area contributed by atoms with Crippen molar-refractivity contribution < 1.29 is 18.7 Å². The summed E-state index contributed by atoms with van der Waals surface area (Å²) in [5.74, 6) is -1.16. The van der Waals surface area contributed by atoms with E-state index in [0.717, 1.165) is 16.9 Å². The van der Waals surface area contributed by atoms with E-state index in [-0.39, 0.29) is 24.1 Å². The SMILES string of the molecule is O=C(COCc1nnc(C(=O)Nc2ccc(F)cc2)s1)NCc1ccccc1Cl. The van der Waals surface area contributed by atoms with Crippen molar-refractivity contribution in [3.05, 3.63) is 74.9 Å². The zero-order valence-electron chi connectivity index (χ0n) is 15.0. The highest BCUT2D eigenvalue weighted by Crippen LogP contribution is 2.15. The first-order valence-corrected chi connectivity index (χ1v) is 9.68. The lowest BCUT2D eigenvalue weighted by atomic mass is 10.2. The van der Waals surface area contributed by atoms with E-state index in [0.29, 0.717) is 22.3 Å². The minimum Gasteiger partial charge on any atom is -0.364 e. The van der Waals surface area contributed by atoms with Gasteiger partial charge in [0, 0.05) is 17.3 Å². The summed E-state index contributed by atoms with van der Waals surface area (Å²) in [7, 11) is 0. The maximum absolute atomic E-state index is 12.9. The molecule has 2 aromatic carbocycles. The molecule has 0 atom stereocenters. The number of benzene rings is 2. The number of carbonyl (C=O) groups excluding carboxylic acids is 2. The number of hydrogen-bond donors (Lipinski definition) is 2. The summed E-state index contributed by atoms with van der Waals surface area (Å²) in [6.07, 6.45) is 0. The molecule has 7 nitrogen and oxygen atoms in total. The van der Waals surface area contributed by atoms with Crippen molar-refractivity contribution in [2.24, 2.45) is 0 Å². The Balaban J connectivity index is 1.41. The molecule has 3 aromatic rings. The Bertz CT molecular complexity index is 997. The molecule has 3 rings (SSSR count). The number of ether oxygens (including phenoxy) is 1. The van der Waals surface area contributed by atoms with E-state index in [1.807, 2.05) is 18.2 Å². The van der Waals surface area contributed by atoms with Gasteiger partial charge in [-0.15, -0.1) is 10.2 Å². The first kappa shape index (κ1) is 20.8. The van der Waals surface area contributed by atoms with Crippen molar-refractivity contribution in [3.8, 4) is 0 Å². The molecule has 1 aromatic heterocycles. The summed E-state index contributed by atoms with van der Waals surface area (Å²) in [6.45, 7) is 0.177. The molecule has 2 N–H and O–H groups in total. The highest BCUT2D eigenvalue weighted by Gasteiger charge is 2.14. The number of nitrogens with zero attached hydrogens (tertiary/aromatic N) is 2. The molecule has 0 aliphatic rings. The van der Waals surface area contributed by atoms with Crippen LogP contribution in [-0.4, -0.2) is 28.6 Å². The minimum atomic E-state index is -0.460. The fraction of sp³-hybridized carbons (Fsp3) is 0.158. The van der Waals surface area contributed by atoms with Gasteiger partial charge in [-0.2, -0.15) is 0 Å². The van der Waals surface area contributed by atoms with E-state index in [9.17, 15) is 14.0 Å². The summed E-state index contributed by atoms with van der Waals surface area (Å²) in [4.78, 5) is 24.0. The van der Waals surface area contributed by atoms with Crippen molar-refractivity contribution in [1.29, 1.82) is 0 Å². The number of aromatic nitrogens is 2. The highest BCUT2D eigenvalue weighted by molar-refractivity contribution is 7.13. The van der Waals surface area contributed by atoms with Gasteiger partial charge in [0.25, 0.3) is 5.91 Å². The van der Waals surface area contributed by atoms with E-state index in [2.05, 4.69) is 20.8 Å². The van der Waals surface area contributed by atoms with Gasteiger partial charge in [0.2, 0.25) is 10.9 Å². The molecule has 0 saturated heterocycles. The standard InChI is InChI=1S/C19H16ClFN4O3S/c20-15-4-2-1-3-12(15)9-22-16(26)10-28-11-17-24-25-19(29-17)18(27)23-14-7-5-13(21)6-8-14/h1-8H,9-11H2,(H,22,26)(H,23,27). The highest BCUT2D eigenvalue weighted by atomic mass is 35.5. The van der Waals surface area contributed by atoms with Crippen molar-refractivity contribution in [3.63, 3.8) is 0 Å². The third kappa shape index (κ3) is 6.31. The average molecular weight is 435 g/mol. The maximum atomic E-state index is 12.9. The van der Waals surface area contributed by atoms with Crippen LogP contribution in [0.1, 0.15) is 20.4 Å². The van der Waals surface area contributed by atoms with Gasteiger partial charge < -0.3 is 15.4 Å². The normalized spacial score (nSPS) is 10.6. The molecule has 0 radical (unpaired) electrons. The molecular weight excluding hydrogens is 419 g/mol. The zero-order chi connectivity index (χ0) is 20.6. The number of rotatable bonds is 8. The van der Waals surface area contributed by atoms with Gasteiger partial charge in [-0.25, -0.2) is 4.39 Å². The second-order valence-electron chi connectivity index (χ2n) is 5.82. The van der Waals surface area contributed by atoms with E-state index >= 15 is 0 Å². The van der Waals surface area contributed by atoms with Crippen LogP contribution in [0.2, 0.25) is 5.02 Å². The topological polar surface area (TPSA) is 93.2 Å². The molecule has 29 heavy (non-hydrogen) atoms. The summed E-state index contributed by atoms with van der Waals surface area (Å²) in [6, 6.07) is 12.6. The molecule has 0 spiro atoms. The molecule has 150 valence electrons. The van der Waals surface area contributed by atoms with Crippen molar-refractivity contribution >= 4 is 40.4 Å². The predicted octanol–water partition coefficient (Wildman–Crippen LogP) is 3.42. The van der Waals surface area contributed by atoms with Crippen LogP contribution in [0, 0.1) is 5.82 Å². The molecule has 2 amide bonds. The summed E-state index contributed by atoms with van der Waals surface area (Å²) >= 11 is 7.08. The van der Waals surface area contributed by atoms with Gasteiger partial charge in [-0.05, 0) is 35.9 Å². The second-order valence-corrected chi connectivity index (χ2v) is 7.29. The third-order valence-corrected chi connectivity index (χ3v) is 4.92. The van der Waals surface area contributed by atoms with E-state index < -0.39 is 11.7 Å². The van der Waals surface area contributed by atoms with Crippen LogP contribution in [0.4, 0.5) is 10.1 Å². The van der Waals surface area contributed by atoms with Gasteiger partial charge in [0.05, 0.1) is 0 Å². The van der Waals surface area contributed by atoms with Gasteiger partial charge in [0.1, 0.15) is 24.0 Å². The van der Waals surface area contributed by atoms with E-state index in [1.54, 1.807) is 6.07 Å². The number of halogens is 2. The lowest BCUT2D eigenvalue weighted by molar-refractivity contribution is -0.126. The number of amides is 2. The Labute approximate surface area is 174 Å². The zero-order valence-corrected chi connectivity index (χ0v) is 16.6. The smallest absolute Gasteiger partial charge is 0.286 e. The molecule has 0 unspecified atom stereocenters. The molecule has 0 fully saturated rings. The number of hydrogen-bond acceptors (Lipinski definition) is 6. The Morgan fingerprint density at radius 1 is 1.10 bits per heavy atom. The average Bonchev–Trinajstić information content (AvgIpc) is 3.18. The molecule has 1 heterocycles. The van der Waals surface area contributed by atoms with Crippen LogP contribution < -0.4 is 10.6 Å². The van der Waals surface area contributed by atoms with Gasteiger partial charge >= 0.3 is 0 Å². The summed E-state index contributed by atoms with van der Waals surface area (Å²) < 4.78 is 18.2. The molecule has 0 saturated carbocycles. The van der Waals surface area contributed by atoms with Crippen molar-refractivity contribution in [1.82, 2.24) is 15.5 Å². The predicted molar refractivity (Wildman–Crippen MR) is 107 cm³/mol. The van der Waals surface area contributed by atoms with Crippen LogP contribution in [0.3, 0.4) is 0 Å². The van der Waals surface area contributed by atoms with Crippen LogP contribution in [0.15, 0.2) is 48.5 Å². The third-order valence-electron chi connectivity index (χ3n) is 3.66. The van der Waals surface area contributed by atoms with Crippen LogP contribution in [-0.2, 0) is 22.7 Å². The first-order chi connectivity index (χ1) is 14.0. The van der Waals surface area contributed by atoms with Crippen molar-refractivity contribution in [2.75, 3.05) is 11.9 Å². The quantitative estimate of drug-likeness (QED) is 0.566. The Morgan fingerprint density at radius 3 is 2.62 bits per heavy atom.